The van der Waals surface area contributed by atoms with Gasteiger partial charge in [0.25, 0.3) is 11.6 Å². The van der Waals surface area contributed by atoms with E-state index in [9.17, 15) is 19.7 Å². The van der Waals surface area contributed by atoms with Gasteiger partial charge >= 0.3 is 0 Å². The largest absolute Gasteiger partial charge is 0.483 e. The summed E-state index contributed by atoms with van der Waals surface area (Å²) >= 11 is 0. The van der Waals surface area contributed by atoms with Crippen LogP contribution in [0.4, 0.5) is 5.69 Å². The summed E-state index contributed by atoms with van der Waals surface area (Å²) in [7, 11) is 0. The van der Waals surface area contributed by atoms with Crippen molar-refractivity contribution >= 4 is 17.9 Å². The van der Waals surface area contributed by atoms with Crippen molar-refractivity contribution in [2.45, 2.75) is 38.1 Å². The molecule has 0 unspecified atom stereocenters. The maximum Gasteiger partial charge on any atom is 0.270 e. The van der Waals surface area contributed by atoms with Crippen LogP contribution in [0.5, 0.6) is 5.75 Å². The maximum absolute atomic E-state index is 11.8. The van der Waals surface area contributed by atoms with Crippen LogP contribution >= 0.6 is 0 Å². The van der Waals surface area contributed by atoms with E-state index in [1.54, 1.807) is 0 Å². The van der Waals surface area contributed by atoms with Gasteiger partial charge in [-0.15, -0.1) is 0 Å². The molecule has 1 aromatic carbocycles. The average Bonchev–Trinajstić information content (AvgIpc) is 2.53. The number of nitrogens with zero attached hydrogens (tertiary/aromatic N) is 1. The molecule has 1 aromatic rings. The second kappa shape index (κ2) is 7.53. The van der Waals surface area contributed by atoms with Crippen molar-refractivity contribution in [1.29, 1.82) is 0 Å². The van der Waals surface area contributed by atoms with E-state index in [0.717, 1.165) is 31.7 Å². The van der Waals surface area contributed by atoms with Crippen molar-refractivity contribution in [2.24, 2.45) is 0 Å². The summed E-state index contributed by atoms with van der Waals surface area (Å²) in [5.74, 6) is -0.0819. The van der Waals surface area contributed by atoms with Crippen molar-refractivity contribution in [3.63, 3.8) is 0 Å². The molecule has 1 aliphatic carbocycles. The van der Waals surface area contributed by atoms with Gasteiger partial charge in [0.2, 0.25) is 0 Å². The number of benzene rings is 1. The summed E-state index contributed by atoms with van der Waals surface area (Å²) in [6.45, 7) is -0.213. The van der Waals surface area contributed by atoms with Gasteiger partial charge in [-0.1, -0.05) is 19.3 Å². The standard InChI is InChI=1S/C15H18N2O5/c18-9-11-8-13(17(20)21)6-7-14(11)22-10-15(19)16-12-4-2-1-3-5-12/h6-9,12H,1-5,10H2,(H,16,19). The third kappa shape index (κ3) is 4.28. The number of amides is 1. The number of hydrogen-bond donors (Lipinski definition) is 1. The summed E-state index contributed by atoms with van der Waals surface area (Å²) in [6, 6.07) is 3.88. The molecule has 7 nitrogen and oxygen atoms in total. The van der Waals surface area contributed by atoms with Crippen LogP contribution in [0, 0.1) is 10.1 Å². The first-order chi connectivity index (χ1) is 10.6. The molecule has 1 aliphatic rings. The maximum atomic E-state index is 11.8. The molecular formula is C15H18N2O5. The minimum Gasteiger partial charge on any atom is -0.483 e. The highest BCUT2D eigenvalue weighted by atomic mass is 16.6. The monoisotopic (exact) mass is 306 g/mol. The Morgan fingerprint density at radius 2 is 2.09 bits per heavy atom. The normalized spacial score (nSPS) is 15.1. The predicted octanol–water partition coefficient (Wildman–Crippen LogP) is 2.24. The zero-order valence-electron chi connectivity index (χ0n) is 12.1. The van der Waals surface area contributed by atoms with Crippen LogP contribution < -0.4 is 10.1 Å². The Kier molecular flexibility index (Phi) is 5.46. The molecule has 0 bridgehead atoms. The van der Waals surface area contributed by atoms with Crippen LogP contribution in [0.25, 0.3) is 0 Å². The topological polar surface area (TPSA) is 98.5 Å². The molecule has 1 amide bonds. The van der Waals surface area contributed by atoms with E-state index in [0.29, 0.717) is 6.29 Å². The van der Waals surface area contributed by atoms with E-state index < -0.39 is 4.92 Å². The van der Waals surface area contributed by atoms with Gasteiger partial charge in [-0.05, 0) is 18.9 Å². The molecule has 7 heteroatoms. The van der Waals surface area contributed by atoms with E-state index >= 15 is 0 Å². The summed E-state index contributed by atoms with van der Waals surface area (Å²) in [6.07, 6.45) is 5.86. The zero-order valence-corrected chi connectivity index (χ0v) is 12.1. The number of carbonyl (C=O) groups is 2. The van der Waals surface area contributed by atoms with Crippen molar-refractivity contribution in [3.05, 3.63) is 33.9 Å². The number of nitro benzene ring substituents is 1. The molecule has 2 rings (SSSR count). The van der Waals surface area contributed by atoms with Crippen LogP contribution in [0.3, 0.4) is 0 Å². The lowest BCUT2D eigenvalue weighted by Crippen LogP contribution is -2.39. The summed E-state index contributed by atoms with van der Waals surface area (Å²) in [5.41, 5.74) is -0.138. The van der Waals surface area contributed by atoms with Crippen molar-refractivity contribution in [3.8, 4) is 5.75 Å². The average molecular weight is 306 g/mol. The van der Waals surface area contributed by atoms with Gasteiger partial charge in [-0.25, -0.2) is 0 Å². The molecule has 1 saturated carbocycles. The molecule has 0 saturated heterocycles. The smallest absolute Gasteiger partial charge is 0.270 e. The lowest BCUT2D eigenvalue weighted by molar-refractivity contribution is -0.384. The fourth-order valence-electron chi connectivity index (χ4n) is 2.53. The summed E-state index contributed by atoms with van der Waals surface area (Å²) in [5, 5.41) is 13.5. The third-order valence-electron chi connectivity index (χ3n) is 3.66. The van der Waals surface area contributed by atoms with Crippen LogP contribution in [0.1, 0.15) is 42.5 Å². The SMILES string of the molecule is O=Cc1cc([N+](=O)[O-])ccc1OCC(=O)NC1CCCCC1. The Morgan fingerprint density at radius 3 is 2.73 bits per heavy atom. The molecule has 0 atom stereocenters. The Morgan fingerprint density at radius 1 is 1.36 bits per heavy atom. The van der Waals surface area contributed by atoms with Crippen LogP contribution in [-0.2, 0) is 4.79 Å². The number of ether oxygens (including phenoxy) is 1. The van der Waals surface area contributed by atoms with Gasteiger partial charge in [0.05, 0.1) is 10.5 Å². The molecule has 1 fully saturated rings. The van der Waals surface area contributed by atoms with Gasteiger partial charge in [-0.2, -0.15) is 0 Å². The minimum absolute atomic E-state index is 0.0552. The number of non-ortho nitro benzene ring substituents is 1. The highest BCUT2D eigenvalue weighted by Crippen LogP contribution is 2.23. The first-order valence-electron chi connectivity index (χ1n) is 7.26. The van der Waals surface area contributed by atoms with Gasteiger partial charge in [0.15, 0.2) is 12.9 Å². The zero-order chi connectivity index (χ0) is 15.9. The van der Waals surface area contributed by atoms with Gasteiger partial charge < -0.3 is 10.1 Å². The molecule has 118 valence electrons. The van der Waals surface area contributed by atoms with E-state index in [-0.39, 0.29) is 35.6 Å². The number of carbonyl (C=O) groups excluding carboxylic acids is 2. The minimum atomic E-state index is -0.591. The molecule has 0 aromatic heterocycles. The van der Waals surface area contributed by atoms with Crippen LogP contribution in [-0.4, -0.2) is 29.8 Å². The molecular weight excluding hydrogens is 288 g/mol. The number of nitro groups is 1. The van der Waals surface area contributed by atoms with Crippen LogP contribution in [0.15, 0.2) is 18.2 Å². The number of rotatable bonds is 6. The molecule has 0 heterocycles. The molecule has 0 aliphatic heterocycles. The molecule has 0 radical (unpaired) electrons. The second-order valence-corrected chi connectivity index (χ2v) is 5.29. The number of hydrogen-bond acceptors (Lipinski definition) is 5. The Hall–Kier alpha value is -2.44. The molecule has 1 N–H and O–H groups in total. The second-order valence-electron chi connectivity index (χ2n) is 5.29. The molecule has 0 spiro atoms. The van der Waals surface area contributed by atoms with Crippen molar-refractivity contribution < 1.29 is 19.2 Å². The lowest BCUT2D eigenvalue weighted by atomic mass is 9.95. The highest BCUT2D eigenvalue weighted by Gasteiger charge is 2.17. The first kappa shape index (κ1) is 15.9. The quantitative estimate of drug-likeness (QED) is 0.493. The Bertz CT molecular complexity index is 567. The highest BCUT2D eigenvalue weighted by molar-refractivity contribution is 5.82. The van der Waals surface area contributed by atoms with Crippen molar-refractivity contribution in [1.82, 2.24) is 5.32 Å². The first-order valence-corrected chi connectivity index (χ1v) is 7.26. The van der Waals surface area contributed by atoms with E-state index in [1.165, 1.54) is 18.6 Å². The summed E-state index contributed by atoms with van der Waals surface area (Å²) in [4.78, 5) is 32.8. The molecule has 22 heavy (non-hydrogen) atoms. The van der Waals surface area contributed by atoms with E-state index in [4.69, 9.17) is 4.74 Å². The van der Waals surface area contributed by atoms with E-state index in [2.05, 4.69) is 5.32 Å². The van der Waals surface area contributed by atoms with Crippen molar-refractivity contribution in [2.75, 3.05) is 6.61 Å². The Labute approximate surface area is 127 Å². The van der Waals surface area contributed by atoms with Gasteiger partial charge in [0, 0.05) is 18.2 Å². The fraction of sp³-hybridized carbons (Fsp3) is 0.467. The lowest BCUT2D eigenvalue weighted by Gasteiger charge is -2.22. The summed E-state index contributed by atoms with van der Waals surface area (Å²) < 4.78 is 5.30. The third-order valence-corrected chi connectivity index (χ3v) is 3.66. The van der Waals surface area contributed by atoms with E-state index in [1.807, 2.05) is 0 Å². The number of nitrogens with one attached hydrogen (secondary N) is 1. The van der Waals surface area contributed by atoms with Gasteiger partial charge in [-0.3, -0.25) is 19.7 Å². The fourth-order valence-corrected chi connectivity index (χ4v) is 2.53. The number of aldehydes is 1. The predicted molar refractivity (Wildman–Crippen MR) is 79.0 cm³/mol. The van der Waals surface area contributed by atoms with Crippen LogP contribution in [0.2, 0.25) is 0 Å². The van der Waals surface area contributed by atoms with Gasteiger partial charge in [0.1, 0.15) is 5.75 Å². The Balaban J connectivity index is 1.91.